The summed E-state index contributed by atoms with van der Waals surface area (Å²) in [4.78, 5) is 8.74. The van der Waals surface area contributed by atoms with E-state index in [9.17, 15) is 0 Å². The Balaban J connectivity index is 1.73. The molecule has 0 aliphatic rings. The lowest BCUT2D eigenvalue weighted by atomic mass is 10.1. The monoisotopic (exact) mass is 329 g/mol. The van der Waals surface area contributed by atoms with Crippen LogP contribution in [0.2, 0.25) is 0 Å². The van der Waals surface area contributed by atoms with Gasteiger partial charge >= 0.3 is 0 Å². The van der Waals surface area contributed by atoms with E-state index in [0.717, 1.165) is 16.6 Å². The van der Waals surface area contributed by atoms with Crippen LogP contribution in [0.3, 0.4) is 0 Å². The van der Waals surface area contributed by atoms with E-state index in [2.05, 4.69) is 46.8 Å². The van der Waals surface area contributed by atoms with Gasteiger partial charge < -0.3 is 4.74 Å². The maximum absolute atomic E-state index is 6.07. The third kappa shape index (κ3) is 3.11. The Morgan fingerprint density at radius 2 is 1.64 bits per heavy atom. The Morgan fingerprint density at radius 3 is 2.44 bits per heavy atom. The minimum absolute atomic E-state index is 0.126. The molecule has 0 N–H and O–H groups in total. The molecule has 0 unspecified atom stereocenters. The summed E-state index contributed by atoms with van der Waals surface area (Å²) in [5, 5.41) is 0. The van der Waals surface area contributed by atoms with Crippen LogP contribution < -0.4 is 4.74 Å². The molecule has 0 amide bonds. The zero-order valence-corrected chi connectivity index (χ0v) is 14.0. The van der Waals surface area contributed by atoms with Gasteiger partial charge in [0.25, 0.3) is 6.01 Å². The maximum Gasteiger partial charge on any atom is 0.298 e. The Labute approximate surface area is 146 Å². The molecule has 4 rings (SSSR count). The summed E-state index contributed by atoms with van der Waals surface area (Å²) in [6.07, 6.45) is 3.54. The molecule has 0 fully saturated rings. The first-order valence-corrected chi connectivity index (χ1v) is 8.36. The number of benzene rings is 2. The van der Waals surface area contributed by atoms with E-state index in [1.807, 2.05) is 36.4 Å². The highest BCUT2D eigenvalue weighted by Gasteiger charge is 2.18. The molecular formula is C21H19N3O. The van der Waals surface area contributed by atoms with E-state index in [1.165, 1.54) is 5.56 Å². The Morgan fingerprint density at radius 1 is 0.920 bits per heavy atom. The van der Waals surface area contributed by atoms with Crippen molar-refractivity contribution in [3.05, 3.63) is 90.3 Å². The summed E-state index contributed by atoms with van der Waals surface area (Å²) in [6.45, 7) is 2.64. The molecule has 2 aromatic carbocycles. The molecule has 0 saturated carbocycles. The number of aromatic nitrogens is 3. The van der Waals surface area contributed by atoms with Crippen molar-refractivity contribution in [2.24, 2.45) is 0 Å². The van der Waals surface area contributed by atoms with E-state index in [-0.39, 0.29) is 6.04 Å². The number of fused-ring (bicyclic) bond motifs is 1. The second-order valence-electron chi connectivity index (χ2n) is 5.98. The predicted molar refractivity (Wildman–Crippen MR) is 98.6 cm³/mol. The lowest BCUT2D eigenvalue weighted by Gasteiger charge is -2.18. The standard InChI is InChI=1S/C21H19N3O/c1-16(18-7-3-2-4-8-18)24-20-10-6-5-9-19(20)23-21(24)25-15-17-11-13-22-14-12-17/h2-14,16H,15H2,1H3/t16-/m0/s1. The fraction of sp³-hybridized carbons (Fsp3) is 0.143. The summed E-state index contributed by atoms with van der Waals surface area (Å²) in [5.41, 5.74) is 4.30. The first-order chi connectivity index (χ1) is 12.3. The van der Waals surface area contributed by atoms with Crippen LogP contribution in [0.1, 0.15) is 24.1 Å². The molecule has 25 heavy (non-hydrogen) atoms. The molecule has 0 radical (unpaired) electrons. The Kier molecular flexibility index (Phi) is 4.17. The zero-order chi connectivity index (χ0) is 17.1. The average Bonchev–Trinajstić information content (AvgIpc) is 3.05. The molecule has 124 valence electrons. The predicted octanol–water partition coefficient (Wildman–Crippen LogP) is 4.62. The number of imidazole rings is 1. The van der Waals surface area contributed by atoms with E-state index in [0.29, 0.717) is 12.6 Å². The Hall–Kier alpha value is -3.14. The fourth-order valence-electron chi connectivity index (χ4n) is 3.01. The molecule has 0 saturated heterocycles. The van der Waals surface area contributed by atoms with Gasteiger partial charge in [-0.05, 0) is 42.3 Å². The number of para-hydroxylation sites is 2. The van der Waals surface area contributed by atoms with Crippen molar-refractivity contribution < 1.29 is 4.74 Å². The van der Waals surface area contributed by atoms with Crippen molar-refractivity contribution in [2.45, 2.75) is 19.6 Å². The van der Waals surface area contributed by atoms with Gasteiger partial charge in [-0.25, -0.2) is 0 Å². The minimum atomic E-state index is 0.126. The summed E-state index contributed by atoms with van der Waals surface area (Å²) in [5.74, 6) is 0. The van der Waals surface area contributed by atoms with Gasteiger partial charge in [0.1, 0.15) is 6.61 Å². The normalized spacial score (nSPS) is 12.2. The fourth-order valence-corrected chi connectivity index (χ4v) is 3.01. The first kappa shape index (κ1) is 15.4. The van der Waals surface area contributed by atoms with Crippen molar-refractivity contribution in [1.29, 1.82) is 0 Å². The summed E-state index contributed by atoms with van der Waals surface area (Å²) < 4.78 is 8.23. The average molecular weight is 329 g/mol. The van der Waals surface area contributed by atoms with Gasteiger partial charge in [-0.15, -0.1) is 0 Å². The highest BCUT2D eigenvalue weighted by molar-refractivity contribution is 5.77. The van der Waals surface area contributed by atoms with E-state index < -0.39 is 0 Å². The van der Waals surface area contributed by atoms with Crippen LogP contribution in [0.4, 0.5) is 0 Å². The molecule has 0 aliphatic heterocycles. The molecule has 0 aliphatic carbocycles. The quantitative estimate of drug-likeness (QED) is 0.536. The number of ether oxygens (including phenoxy) is 1. The van der Waals surface area contributed by atoms with Crippen molar-refractivity contribution >= 4 is 11.0 Å². The van der Waals surface area contributed by atoms with Crippen LogP contribution in [0.5, 0.6) is 6.01 Å². The molecule has 4 nitrogen and oxygen atoms in total. The van der Waals surface area contributed by atoms with E-state index in [1.54, 1.807) is 12.4 Å². The lowest BCUT2D eigenvalue weighted by molar-refractivity contribution is 0.265. The Bertz CT molecular complexity index is 964. The number of pyridine rings is 1. The minimum Gasteiger partial charge on any atom is -0.460 e. The molecular weight excluding hydrogens is 310 g/mol. The van der Waals surface area contributed by atoms with Gasteiger partial charge in [0.2, 0.25) is 0 Å². The lowest BCUT2D eigenvalue weighted by Crippen LogP contribution is -2.10. The second kappa shape index (κ2) is 6.77. The SMILES string of the molecule is C[C@@H](c1ccccc1)n1c(OCc2ccncc2)nc2ccccc21. The van der Waals surface area contributed by atoms with Crippen molar-refractivity contribution in [3.63, 3.8) is 0 Å². The van der Waals surface area contributed by atoms with Crippen LogP contribution >= 0.6 is 0 Å². The van der Waals surface area contributed by atoms with Crippen LogP contribution in [0.25, 0.3) is 11.0 Å². The number of nitrogens with zero attached hydrogens (tertiary/aromatic N) is 3. The van der Waals surface area contributed by atoms with Gasteiger partial charge in [-0.1, -0.05) is 42.5 Å². The number of hydrogen-bond donors (Lipinski definition) is 0. The smallest absolute Gasteiger partial charge is 0.298 e. The molecule has 2 aromatic heterocycles. The van der Waals surface area contributed by atoms with Gasteiger partial charge in [-0.2, -0.15) is 4.98 Å². The number of hydrogen-bond acceptors (Lipinski definition) is 3. The van der Waals surface area contributed by atoms with E-state index >= 15 is 0 Å². The molecule has 4 aromatic rings. The van der Waals surface area contributed by atoms with Gasteiger partial charge in [0.05, 0.1) is 17.1 Å². The third-order valence-electron chi connectivity index (χ3n) is 4.35. The van der Waals surface area contributed by atoms with Crippen LogP contribution in [-0.2, 0) is 6.61 Å². The second-order valence-corrected chi connectivity index (χ2v) is 5.98. The number of rotatable bonds is 5. The zero-order valence-electron chi connectivity index (χ0n) is 14.0. The molecule has 2 heterocycles. The molecule has 4 heteroatoms. The highest BCUT2D eigenvalue weighted by atomic mass is 16.5. The van der Waals surface area contributed by atoms with Gasteiger partial charge in [-0.3, -0.25) is 9.55 Å². The largest absolute Gasteiger partial charge is 0.460 e. The summed E-state index contributed by atoms with van der Waals surface area (Å²) >= 11 is 0. The first-order valence-electron chi connectivity index (χ1n) is 8.36. The van der Waals surface area contributed by atoms with Gasteiger partial charge in [0, 0.05) is 12.4 Å². The van der Waals surface area contributed by atoms with Crippen LogP contribution in [-0.4, -0.2) is 14.5 Å². The van der Waals surface area contributed by atoms with E-state index in [4.69, 9.17) is 9.72 Å². The molecule has 1 atom stereocenters. The van der Waals surface area contributed by atoms with Crippen molar-refractivity contribution in [3.8, 4) is 6.01 Å². The van der Waals surface area contributed by atoms with Gasteiger partial charge in [0.15, 0.2) is 0 Å². The van der Waals surface area contributed by atoms with Crippen LogP contribution in [0.15, 0.2) is 79.1 Å². The summed E-state index contributed by atoms with van der Waals surface area (Å²) in [6, 6.07) is 23.2. The molecule has 0 spiro atoms. The third-order valence-corrected chi connectivity index (χ3v) is 4.35. The topological polar surface area (TPSA) is 39.9 Å². The van der Waals surface area contributed by atoms with Crippen molar-refractivity contribution in [2.75, 3.05) is 0 Å². The maximum atomic E-state index is 6.07. The summed E-state index contributed by atoms with van der Waals surface area (Å²) in [7, 11) is 0. The highest BCUT2D eigenvalue weighted by Crippen LogP contribution is 2.30. The molecule has 0 bridgehead atoms. The van der Waals surface area contributed by atoms with Crippen molar-refractivity contribution in [1.82, 2.24) is 14.5 Å². The van der Waals surface area contributed by atoms with Crippen LogP contribution in [0, 0.1) is 0 Å².